The van der Waals surface area contributed by atoms with Crippen LogP contribution in [0.4, 0.5) is 8.78 Å². The topological polar surface area (TPSA) is 37.3 Å². The van der Waals surface area contributed by atoms with E-state index in [0.717, 1.165) is 6.07 Å². The van der Waals surface area contributed by atoms with Crippen molar-refractivity contribution >= 4 is 5.97 Å². The lowest BCUT2D eigenvalue weighted by atomic mass is 9.89. The minimum absolute atomic E-state index is 0.0255. The van der Waals surface area contributed by atoms with Gasteiger partial charge in [-0.25, -0.2) is 8.78 Å². The van der Waals surface area contributed by atoms with E-state index in [0.29, 0.717) is 12.8 Å². The summed E-state index contributed by atoms with van der Waals surface area (Å²) in [6, 6.07) is 1.10. The number of carbonyl (C=O) groups is 1. The fraction of sp³-hybridized carbons (Fsp3) is 0.417. The molecule has 0 amide bonds. The lowest BCUT2D eigenvalue weighted by molar-refractivity contribution is -0.140. The van der Waals surface area contributed by atoms with Crippen LogP contribution in [0, 0.1) is 25.5 Å². The molecule has 0 atom stereocenters. The molecule has 0 bridgehead atoms. The highest BCUT2D eigenvalue weighted by Crippen LogP contribution is 2.51. The minimum Gasteiger partial charge on any atom is -0.481 e. The highest BCUT2D eigenvalue weighted by Gasteiger charge is 2.54. The summed E-state index contributed by atoms with van der Waals surface area (Å²) in [4.78, 5) is 11.1. The van der Waals surface area contributed by atoms with Gasteiger partial charge in [-0.1, -0.05) is 0 Å². The molecule has 0 aliphatic heterocycles. The largest absolute Gasteiger partial charge is 0.481 e. The van der Waals surface area contributed by atoms with E-state index in [-0.39, 0.29) is 16.7 Å². The predicted molar refractivity (Wildman–Crippen MR) is 54.4 cm³/mol. The maximum absolute atomic E-state index is 13.9. The van der Waals surface area contributed by atoms with E-state index >= 15 is 0 Å². The molecular formula is C12H12F2O2. The molecule has 2 nitrogen and oxygen atoms in total. The Labute approximate surface area is 91.9 Å². The number of carboxylic acid groups (broad SMARTS) is 1. The molecular weight excluding hydrogens is 214 g/mol. The van der Waals surface area contributed by atoms with Gasteiger partial charge in [0, 0.05) is 5.56 Å². The smallest absolute Gasteiger partial charge is 0.314 e. The van der Waals surface area contributed by atoms with Gasteiger partial charge in [0.1, 0.15) is 11.6 Å². The Hall–Kier alpha value is -1.45. The van der Waals surface area contributed by atoms with Crippen LogP contribution in [-0.2, 0) is 10.2 Å². The third-order valence-corrected chi connectivity index (χ3v) is 3.28. The quantitative estimate of drug-likeness (QED) is 0.841. The van der Waals surface area contributed by atoms with Crippen LogP contribution in [0.1, 0.15) is 29.5 Å². The molecule has 1 aromatic rings. The van der Waals surface area contributed by atoms with Crippen LogP contribution in [0.5, 0.6) is 0 Å². The summed E-state index contributed by atoms with van der Waals surface area (Å²) in [6.45, 7) is 2.87. The summed E-state index contributed by atoms with van der Waals surface area (Å²) in [5, 5.41) is 9.10. The number of aryl methyl sites for hydroxylation is 1. The van der Waals surface area contributed by atoms with Gasteiger partial charge in [-0.2, -0.15) is 0 Å². The van der Waals surface area contributed by atoms with Crippen LogP contribution < -0.4 is 0 Å². The molecule has 0 saturated heterocycles. The lowest BCUT2D eigenvalue weighted by Crippen LogP contribution is -2.23. The van der Waals surface area contributed by atoms with Crippen LogP contribution in [0.2, 0.25) is 0 Å². The van der Waals surface area contributed by atoms with E-state index < -0.39 is 23.0 Å². The van der Waals surface area contributed by atoms with E-state index in [1.54, 1.807) is 0 Å². The van der Waals surface area contributed by atoms with Gasteiger partial charge in [-0.3, -0.25) is 4.79 Å². The van der Waals surface area contributed by atoms with Crippen molar-refractivity contribution in [2.75, 3.05) is 0 Å². The molecule has 1 N–H and O–H groups in total. The molecule has 0 radical (unpaired) electrons. The summed E-state index contributed by atoms with van der Waals surface area (Å²) in [7, 11) is 0. The van der Waals surface area contributed by atoms with E-state index in [2.05, 4.69) is 0 Å². The Morgan fingerprint density at radius 3 is 2.38 bits per heavy atom. The molecule has 2 rings (SSSR count). The third-order valence-electron chi connectivity index (χ3n) is 3.28. The molecule has 16 heavy (non-hydrogen) atoms. The fourth-order valence-electron chi connectivity index (χ4n) is 2.11. The normalized spacial score (nSPS) is 17.2. The van der Waals surface area contributed by atoms with Gasteiger partial charge in [0.15, 0.2) is 0 Å². The van der Waals surface area contributed by atoms with Crippen molar-refractivity contribution in [2.24, 2.45) is 0 Å². The highest BCUT2D eigenvalue weighted by atomic mass is 19.1. The average Bonchev–Trinajstić information content (AvgIpc) is 2.97. The van der Waals surface area contributed by atoms with Crippen molar-refractivity contribution in [3.63, 3.8) is 0 Å². The van der Waals surface area contributed by atoms with Crippen LogP contribution in [0.3, 0.4) is 0 Å². The molecule has 86 valence electrons. The van der Waals surface area contributed by atoms with Gasteiger partial charge in [0.05, 0.1) is 5.41 Å². The van der Waals surface area contributed by atoms with E-state index in [1.807, 2.05) is 0 Å². The van der Waals surface area contributed by atoms with Crippen molar-refractivity contribution in [2.45, 2.75) is 32.1 Å². The number of hydrogen-bond acceptors (Lipinski definition) is 1. The van der Waals surface area contributed by atoms with Gasteiger partial charge >= 0.3 is 5.97 Å². The first kappa shape index (κ1) is 11.0. The lowest BCUT2D eigenvalue weighted by Gasteiger charge is -2.16. The number of carboxylic acids is 1. The maximum Gasteiger partial charge on any atom is 0.314 e. The predicted octanol–water partition coefficient (Wildman–Crippen LogP) is 2.70. The van der Waals surface area contributed by atoms with Gasteiger partial charge in [0.2, 0.25) is 0 Å². The zero-order valence-electron chi connectivity index (χ0n) is 9.10. The molecule has 1 aromatic carbocycles. The first-order chi connectivity index (χ1) is 7.40. The summed E-state index contributed by atoms with van der Waals surface area (Å²) < 4.78 is 27.4. The Morgan fingerprint density at radius 1 is 1.38 bits per heavy atom. The standard InChI is InChI=1S/C12H12F2O2/c1-6-5-8(13)7(2)9(10(6)14)12(3-4-12)11(15)16/h5H,3-4H2,1-2H3,(H,15,16). The number of benzene rings is 1. The molecule has 1 saturated carbocycles. The van der Waals surface area contributed by atoms with Gasteiger partial charge in [-0.05, 0) is 43.9 Å². The van der Waals surface area contributed by atoms with Gasteiger partial charge < -0.3 is 5.11 Å². The Kier molecular flexibility index (Phi) is 2.26. The minimum atomic E-state index is -1.19. The first-order valence-electron chi connectivity index (χ1n) is 5.09. The van der Waals surface area contributed by atoms with E-state index in [4.69, 9.17) is 5.11 Å². The molecule has 1 aliphatic carbocycles. The van der Waals surface area contributed by atoms with Crippen LogP contribution in [-0.4, -0.2) is 11.1 Å². The Bertz CT molecular complexity index is 450. The van der Waals surface area contributed by atoms with Crippen LogP contribution in [0.25, 0.3) is 0 Å². The fourth-order valence-corrected chi connectivity index (χ4v) is 2.11. The molecule has 0 aromatic heterocycles. The SMILES string of the molecule is Cc1cc(F)c(C)c(C2(C(=O)O)CC2)c1F. The Balaban J connectivity index is 2.70. The zero-order valence-corrected chi connectivity index (χ0v) is 9.10. The number of rotatable bonds is 2. The third kappa shape index (κ3) is 1.32. The number of halogens is 2. The van der Waals surface area contributed by atoms with E-state index in [1.165, 1.54) is 13.8 Å². The monoisotopic (exact) mass is 226 g/mol. The number of aliphatic carboxylic acids is 1. The second-order valence-corrected chi connectivity index (χ2v) is 4.38. The first-order valence-corrected chi connectivity index (χ1v) is 5.09. The second kappa shape index (κ2) is 3.27. The zero-order chi connectivity index (χ0) is 12.1. The molecule has 0 spiro atoms. The number of hydrogen-bond donors (Lipinski definition) is 1. The van der Waals surface area contributed by atoms with Gasteiger partial charge in [0.25, 0.3) is 0 Å². The molecule has 0 unspecified atom stereocenters. The average molecular weight is 226 g/mol. The molecule has 0 heterocycles. The van der Waals surface area contributed by atoms with Crippen molar-refractivity contribution in [1.82, 2.24) is 0 Å². The summed E-state index contributed by atoms with van der Waals surface area (Å²) in [6.07, 6.45) is 0.756. The van der Waals surface area contributed by atoms with Crippen molar-refractivity contribution < 1.29 is 18.7 Å². The van der Waals surface area contributed by atoms with Gasteiger partial charge in [-0.15, -0.1) is 0 Å². The van der Waals surface area contributed by atoms with Crippen LogP contribution >= 0.6 is 0 Å². The molecule has 1 fully saturated rings. The Morgan fingerprint density at radius 2 is 1.94 bits per heavy atom. The van der Waals surface area contributed by atoms with Crippen molar-refractivity contribution in [3.8, 4) is 0 Å². The highest BCUT2D eigenvalue weighted by molar-refractivity contribution is 5.85. The summed E-state index contributed by atoms with van der Waals surface area (Å²) in [5.41, 5.74) is -0.896. The molecule has 1 aliphatic rings. The summed E-state index contributed by atoms with van der Waals surface area (Å²) >= 11 is 0. The van der Waals surface area contributed by atoms with Crippen molar-refractivity contribution in [1.29, 1.82) is 0 Å². The van der Waals surface area contributed by atoms with Crippen LogP contribution in [0.15, 0.2) is 6.07 Å². The van der Waals surface area contributed by atoms with E-state index in [9.17, 15) is 13.6 Å². The second-order valence-electron chi connectivity index (χ2n) is 4.38. The summed E-state index contributed by atoms with van der Waals surface area (Å²) in [5.74, 6) is -2.19. The maximum atomic E-state index is 13.9. The van der Waals surface area contributed by atoms with Crippen molar-refractivity contribution in [3.05, 3.63) is 34.4 Å². The molecule has 4 heteroatoms.